The van der Waals surface area contributed by atoms with Crippen LogP contribution >= 0.6 is 0 Å². The van der Waals surface area contributed by atoms with Crippen molar-refractivity contribution >= 4 is 11.4 Å². The minimum atomic E-state index is 0.939. The van der Waals surface area contributed by atoms with E-state index < -0.39 is 0 Å². The quantitative estimate of drug-likeness (QED) is 0.612. The van der Waals surface area contributed by atoms with Gasteiger partial charge in [0.2, 0.25) is 0 Å². The average Bonchev–Trinajstić information content (AvgIpc) is 2.71. The Morgan fingerprint density at radius 2 is 0.929 bits per heavy atom. The zero-order valence-corrected chi connectivity index (χ0v) is 16.8. The molecule has 0 aliphatic heterocycles. The first-order valence-corrected chi connectivity index (χ1v) is 9.21. The third-order valence-corrected chi connectivity index (χ3v) is 4.34. The van der Waals surface area contributed by atoms with Crippen molar-refractivity contribution in [2.24, 2.45) is 0 Å². The van der Waals surface area contributed by atoms with Crippen molar-refractivity contribution in [1.29, 1.82) is 0 Å². The molecule has 0 atom stereocenters. The van der Waals surface area contributed by atoms with E-state index in [0.717, 1.165) is 33.6 Å². The van der Waals surface area contributed by atoms with Crippen molar-refractivity contribution in [3.05, 3.63) is 95.1 Å². The van der Waals surface area contributed by atoms with E-state index in [1.165, 1.54) is 0 Å². The lowest BCUT2D eigenvalue weighted by atomic mass is 10.1. The molecule has 2 heteroatoms. The first-order chi connectivity index (χ1) is 13.5. The molecule has 0 aliphatic carbocycles. The van der Waals surface area contributed by atoms with Gasteiger partial charge in [-0.25, -0.2) is 0 Å². The summed E-state index contributed by atoms with van der Waals surface area (Å²) in [6.45, 7) is 0. The van der Waals surface area contributed by atoms with E-state index in [0.29, 0.717) is 0 Å². The smallest absolute Gasteiger partial charge is 0.0405 e. The summed E-state index contributed by atoms with van der Waals surface area (Å²) in [6, 6.07) is 24.5. The Morgan fingerprint density at radius 1 is 0.500 bits per heavy atom. The van der Waals surface area contributed by atoms with Crippen LogP contribution in [0.4, 0.5) is 11.4 Å². The number of hydrogen-bond acceptors (Lipinski definition) is 2. The van der Waals surface area contributed by atoms with Crippen LogP contribution in [-0.4, -0.2) is 28.2 Å². The van der Waals surface area contributed by atoms with Gasteiger partial charge in [0, 0.05) is 61.8 Å². The fraction of sp³-hybridized carbons (Fsp3) is 0.154. The average molecular weight is 364 g/mol. The molecule has 0 spiro atoms. The normalized spacial score (nSPS) is 9.57. The lowest BCUT2D eigenvalue weighted by molar-refractivity contribution is 1.13. The minimum Gasteiger partial charge on any atom is -0.378 e. The number of rotatable bonds is 2. The first-order valence-electron chi connectivity index (χ1n) is 9.21. The van der Waals surface area contributed by atoms with Gasteiger partial charge < -0.3 is 9.80 Å². The van der Waals surface area contributed by atoms with E-state index in [-0.39, 0.29) is 0 Å². The van der Waals surface area contributed by atoms with Crippen LogP contribution in [0, 0.1) is 23.7 Å². The van der Waals surface area contributed by atoms with E-state index in [1.54, 1.807) is 0 Å². The molecule has 28 heavy (non-hydrogen) atoms. The van der Waals surface area contributed by atoms with Crippen LogP contribution in [0.25, 0.3) is 0 Å². The monoisotopic (exact) mass is 364 g/mol. The van der Waals surface area contributed by atoms with Gasteiger partial charge in [-0.3, -0.25) is 0 Å². The SMILES string of the molecule is CN(C)c1cccc(C#Cc2ccccc2C#Cc2cccc(N(C)C)c2)c1. The van der Waals surface area contributed by atoms with Crippen molar-refractivity contribution in [3.63, 3.8) is 0 Å². The Morgan fingerprint density at radius 3 is 1.32 bits per heavy atom. The predicted octanol–water partition coefficient (Wildman–Crippen LogP) is 4.62. The predicted molar refractivity (Wildman–Crippen MR) is 120 cm³/mol. The molecule has 2 nitrogen and oxygen atoms in total. The van der Waals surface area contributed by atoms with Crippen molar-refractivity contribution in [2.75, 3.05) is 38.0 Å². The Kier molecular flexibility index (Phi) is 6.05. The maximum Gasteiger partial charge on any atom is 0.0405 e. The highest BCUT2D eigenvalue weighted by atomic mass is 15.1. The lowest BCUT2D eigenvalue weighted by Crippen LogP contribution is -2.08. The molecule has 0 N–H and O–H groups in total. The van der Waals surface area contributed by atoms with Crippen LogP contribution in [0.3, 0.4) is 0 Å². The summed E-state index contributed by atoms with van der Waals surface area (Å²) in [4.78, 5) is 4.15. The molecular weight excluding hydrogens is 340 g/mol. The lowest BCUT2D eigenvalue weighted by Gasteiger charge is -2.11. The zero-order valence-electron chi connectivity index (χ0n) is 16.8. The topological polar surface area (TPSA) is 6.48 Å². The molecule has 0 saturated carbocycles. The fourth-order valence-corrected chi connectivity index (χ4v) is 2.70. The standard InChI is InChI=1S/C26H24N2/c1-27(2)25-13-7-9-21(19-25)15-17-23-11-5-6-12-24(23)18-16-22-10-8-14-26(20-22)28(3)4/h5-14,19-20H,1-4H3. The summed E-state index contributed by atoms with van der Waals surface area (Å²) >= 11 is 0. The van der Waals surface area contributed by atoms with Gasteiger partial charge in [-0.05, 0) is 48.5 Å². The fourth-order valence-electron chi connectivity index (χ4n) is 2.70. The molecule has 0 heterocycles. The maximum atomic E-state index is 3.28. The largest absolute Gasteiger partial charge is 0.378 e. The van der Waals surface area contributed by atoms with Gasteiger partial charge >= 0.3 is 0 Å². The first kappa shape index (κ1) is 19.2. The molecule has 0 unspecified atom stereocenters. The van der Waals surface area contributed by atoms with Gasteiger partial charge in [0.1, 0.15) is 0 Å². The highest BCUT2D eigenvalue weighted by Gasteiger charge is 1.98. The van der Waals surface area contributed by atoms with Crippen molar-refractivity contribution < 1.29 is 0 Å². The number of nitrogens with zero attached hydrogens (tertiary/aromatic N) is 2. The van der Waals surface area contributed by atoms with Crippen LogP contribution in [0.15, 0.2) is 72.8 Å². The van der Waals surface area contributed by atoms with E-state index in [9.17, 15) is 0 Å². The van der Waals surface area contributed by atoms with Crippen molar-refractivity contribution in [1.82, 2.24) is 0 Å². The van der Waals surface area contributed by atoms with E-state index >= 15 is 0 Å². The Labute approximate surface area is 168 Å². The Bertz CT molecular complexity index is 998. The van der Waals surface area contributed by atoms with Crippen LogP contribution in [0.5, 0.6) is 0 Å². The van der Waals surface area contributed by atoms with Crippen molar-refractivity contribution in [2.45, 2.75) is 0 Å². The van der Waals surface area contributed by atoms with Crippen LogP contribution in [0.1, 0.15) is 22.3 Å². The molecule has 0 aromatic heterocycles. The van der Waals surface area contributed by atoms with Gasteiger partial charge in [-0.2, -0.15) is 0 Å². The third-order valence-electron chi connectivity index (χ3n) is 4.34. The second-order valence-corrected chi connectivity index (χ2v) is 6.94. The van der Waals surface area contributed by atoms with E-state index in [1.807, 2.05) is 76.7 Å². The maximum absolute atomic E-state index is 3.28. The van der Waals surface area contributed by atoms with Gasteiger partial charge in [-0.15, -0.1) is 0 Å². The summed E-state index contributed by atoms with van der Waals surface area (Å²) in [6.07, 6.45) is 0. The minimum absolute atomic E-state index is 0.939. The summed E-state index contributed by atoms with van der Waals surface area (Å²) in [5.41, 5.74) is 6.14. The third kappa shape index (κ3) is 4.97. The van der Waals surface area contributed by atoms with Gasteiger partial charge in [0.05, 0.1) is 0 Å². The molecule has 0 radical (unpaired) electrons. The second-order valence-electron chi connectivity index (χ2n) is 6.94. The van der Waals surface area contributed by atoms with Gasteiger partial charge in [-0.1, -0.05) is 47.9 Å². The van der Waals surface area contributed by atoms with Crippen LogP contribution in [-0.2, 0) is 0 Å². The summed E-state index contributed by atoms with van der Waals surface area (Å²) < 4.78 is 0. The molecule has 3 aromatic carbocycles. The van der Waals surface area contributed by atoms with Gasteiger partial charge in [0.25, 0.3) is 0 Å². The molecular formula is C26H24N2. The Hall–Kier alpha value is -3.62. The highest BCUT2D eigenvalue weighted by molar-refractivity contribution is 5.58. The Balaban J connectivity index is 1.90. The number of anilines is 2. The molecule has 0 saturated heterocycles. The molecule has 138 valence electrons. The molecule has 3 aromatic rings. The summed E-state index contributed by atoms with van der Waals surface area (Å²) in [5, 5.41) is 0. The van der Waals surface area contributed by atoms with Gasteiger partial charge in [0.15, 0.2) is 0 Å². The highest BCUT2D eigenvalue weighted by Crippen LogP contribution is 2.14. The second kappa shape index (κ2) is 8.85. The number of hydrogen-bond donors (Lipinski definition) is 0. The number of benzene rings is 3. The molecule has 0 aliphatic rings. The summed E-state index contributed by atoms with van der Waals surface area (Å²) in [7, 11) is 8.12. The molecule has 0 fully saturated rings. The molecule has 3 rings (SSSR count). The molecule has 0 bridgehead atoms. The van der Waals surface area contributed by atoms with E-state index in [4.69, 9.17) is 0 Å². The zero-order chi connectivity index (χ0) is 19.9. The van der Waals surface area contributed by atoms with E-state index in [2.05, 4.69) is 57.7 Å². The van der Waals surface area contributed by atoms with Crippen molar-refractivity contribution in [3.8, 4) is 23.7 Å². The van der Waals surface area contributed by atoms with Crippen LogP contribution in [0.2, 0.25) is 0 Å². The summed E-state index contributed by atoms with van der Waals surface area (Å²) in [5.74, 6) is 13.1. The molecule has 0 amide bonds. The van der Waals surface area contributed by atoms with Crippen LogP contribution < -0.4 is 9.80 Å².